The summed E-state index contributed by atoms with van der Waals surface area (Å²) in [6.07, 6.45) is 6.34. The number of nitrogens with one attached hydrogen (secondary N) is 1. The Labute approximate surface area is 104 Å². The Bertz CT molecular complexity index is 269. The number of piperazine rings is 1. The van der Waals surface area contributed by atoms with E-state index >= 15 is 0 Å². The van der Waals surface area contributed by atoms with Crippen molar-refractivity contribution in [3.8, 4) is 0 Å². The van der Waals surface area contributed by atoms with Crippen molar-refractivity contribution >= 4 is 5.91 Å². The summed E-state index contributed by atoms with van der Waals surface area (Å²) in [6.45, 7) is 4.55. The van der Waals surface area contributed by atoms with Gasteiger partial charge in [-0.05, 0) is 32.2 Å². The van der Waals surface area contributed by atoms with E-state index in [1.165, 1.54) is 32.1 Å². The first kappa shape index (κ1) is 12.8. The SMILES string of the molecule is CC1C(=O)NCCN1C1CCCCCC1CN. The Hall–Kier alpha value is -0.610. The lowest BCUT2D eigenvalue weighted by Gasteiger charge is -2.41. The van der Waals surface area contributed by atoms with Crippen molar-refractivity contribution in [1.82, 2.24) is 10.2 Å². The molecule has 1 aliphatic carbocycles. The normalized spacial score (nSPS) is 36.4. The van der Waals surface area contributed by atoms with E-state index in [1.54, 1.807) is 0 Å². The van der Waals surface area contributed by atoms with Crippen LogP contribution in [0.25, 0.3) is 0 Å². The van der Waals surface area contributed by atoms with Crippen LogP contribution >= 0.6 is 0 Å². The first-order valence-electron chi connectivity index (χ1n) is 6.97. The summed E-state index contributed by atoms with van der Waals surface area (Å²) in [4.78, 5) is 14.1. The Morgan fingerprint density at radius 3 is 2.88 bits per heavy atom. The van der Waals surface area contributed by atoms with Crippen LogP contribution in [0.4, 0.5) is 0 Å². The molecule has 2 fully saturated rings. The predicted octanol–water partition coefficient (Wildman–Crippen LogP) is 0.714. The van der Waals surface area contributed by atoms with Crippen LogP contribution in [0.3, 0.4) is 0 Å². The van der Waals surface area contributed by atoms with Crippen LogP contribution in [-0.4, -0.2) is 42.5 Å². The minimum atomic E-state index is 0.0147. The van der Waals surface area contributed by atoms with Gasteiger partial charge in [-0.1, -0.05) is 19.3 Å². The highest BCUT2D eigenvalue weighted by molar-refractivity contribution is 5.82. The lowest BCUT2D eigenvalue weighted by molar-refractivity contribution is -0.130. The van der Waals surface area contributed by atoms with Crippen molar-refractivity contribution in [1.29, 1.82) is 0 Å². The maximum atomic E-state index is 11.7. The van der Waals surface area contributed by atoms with Crippen molar-refractivity contribution in [2.24, 2.45) is 11.7 Å². The highest BCUT2D eigenvalue weighted by atomic mass is 16.2. The summed E-state index contributed by atoms with van der Waals surface area (Å²) in [7, 11) is 0. The molecule has 0 aromatic rings. The van der Waals surface area contributed by atoms with Gasteiger partial charge in [-0.15, -0.1) is 0 Å². The molecule has 1 aliphatic heterocycles. The number of nitrogens with zero attached hydrogens (tertiary/aromatic N) is 1. The van der Waals surface area contributed by atoms with E-state index < -0.39 is 0 Å². The molecule has 3 N–H and O–H groups in total. The predicted molar refractivity (Wildman–Crippen MR) is 68.6 cm³/mol. The van der Waals surface area contributed by atoms with E-state index in [2.05, 4.69) is 10.2 Å². The highest BCUT2D eigenvalue weighted by Gasteiger charge is 2.35. The molecule has 1 saturated heterocycles. The molecule has 0 aromatic heterocycles. The van der Waals surface area contributed by atoms with Crippen molar-refractivity contribution < 1.29 is 4.79 Å². The molecule has 1 heterocycles. The average molecular weight is 239 g/mol. The van der Waals surface area contributed by atoms with E-state index in [-0.39, 0.29) is 11.9 Å². The average Bonchev–Trinajstić information content (AvgIpc) is 2.57. The van der Waals surface area contributed by atoms with Crippen LogP contribution in [0.5, 0.6) is 0 Å². The first-order valence-corrected chi connectivity index (χ1v) is 6.97. The van der Waals surface area contributed by atoms with Gasteiger partial charge < -0.3 is 11.1 Å². The molecule has 4 heteroatoms. The molecular weight excluding hydrogens is 214 g/mol. The smallest absolute Gasteiger partial charge is 0.237 e. The quantitative estimate of drug-likeness (QED) is 0.698. The van der Waals surface area contributed by atoms with Gasteiger partial charge in [-0.2, -0.15) is 0 Å². The van der Waals surface area contributed by atoms with Crippen LogP contribution in [0.2, 0.25) is 0 Å². The minimum Gasteiger partial charge on any atom is -0.353 e. The molecule has 98 valence electrons. The minimum absolute atomic E-state index is 0.0147. The molecular formula is C13H25N3O. The summed E-state index contributed by atoms with van der Waals surface area (Å²) in [5.41, 5.74) is 5.92. The Morgan fingerprint density at radius 1 is 1.35 bits per heavy atom. The largest absolute Gasteiger partial charge is 0.353 e. The van der Waals surface area contributed by atoms with E-state index in [0.717, 1.165) is 19.6 Å². The fourth-order valence-corrected chi connectivity index (χ4v) is 3.33. The highest BCUT2D eigenvalue weighted by Crippen LogP contribution is 2.28. The van der Waals surface area contributed by atoms with Crippen LogP contribution in [0.15, 0.2) is 0 Å². The molecule has 1 saturated carbocycles. The maximum absolute atomic E-state index is 11.7. The lowest BCUT2D eigenvalue weighted by atomic mass is 9.91. The molecule has 2 rings (SSSR count). The Morgan fingerprint density at radius 2 is 2.12 bits per heavy atom. The van der Waals surface area contributed by atoms with Crippen LogP contribution in [-0.2, 0) is 4.79 Å². The molecule has 0 spiro atoms. The number of nitrogens with two attached hydrogens (primary N) is 1. The van der Waals surface area contributed by atoms with Crippen molar-refractivity contribution in [3.63, 3.8) is 0 Å². The fourth-order valence-electron chi connectivity index (χ4n) is 3.33. The lowest BCUT2D eigenvalue weighted by Crippen LogP contribution is -2.59. The standard InChI is InChI=1S/C13H25N3O/c1-10-13(17)15-7-8-16(10)12-6-4-2-3-5-11(12)9-14/h10-12H,2-9,14H2,1H3,(H,15,17). The number of amides is 1. The van der Waals surface area contributed by atoms with Crippen LogP contribution < -0.4 is 11.1 Å². The second kappa shape index (κ2) is 5.83. The molecule has 0 bridgehead atoms. The van der Waals surface area contributed by atoms with Crippen molar-refractivity contribution in [2.75, 3.05) is 19.6 Å². The van der Waals surface area contributed by atoms with Gasteiger partial charge in [0.15, 0.2) is 0 Å². The van der Waals surface area contributed by atoms with E-state index in [9.17, 15) is 4.79 Å². The zero-order valence-electron chi connectivity index (χ0n) is 10.8. The van der Waals surface area contributed by atoms with Gasteiger partial charge in [0.2, 0.25) is 5.91 Å². The summed E-state index contributed by atoms with van der Waals surface area (Å²) in [5, 5.41) is 2.94. The van der Waals surface area contributed by atoms with Gasteiger partial charge >= 0.3 is 0 Å². The van der Waals surface area contributed by atoms with Crippen LogP contribution in [0, 0.1) is 5.92 Å². The van der Waals surface area contributed by atoms with Gasteiger partial charge in [-0.25, -0.2) is 0 Å². The topological polar surface area (TPSA) is 58.4 Å². The zero-order chi connectivity index (χ0) is 12.3. The molecule has 17 heavy (non-hydrogen) atoms. The molecule has 3 unspecified atom stereocenters. The van der Waals surface area contributed by atoms with Crippen molar-refractivity contribution in [2.45, 2.75) is 51.1 Å². The third-order valence-corrected chi connectivity index (χ3v) is 4.39. The van der Waals surface area contributed by atoms with E-state index in [0.29, 0.717) is 12.0 Å². The summed E-state index contributed by atoms with van der Waals surface area (Å²) < 4.78 is 0. The van der Waals surface area contributed by atoms with Gasteiger partial charge in [0, 0.05) is 19.1 Å². The molecule has 0 aromatic carbocycles. The monoisotopic (exact) mass is 239 g/mol. The van der Waals surface area contributed by atoms with Gasteiger partial charge in [-0.3, -0.25) is 9.69 Å². The maximum Gasteiger partial charge on any atom is 0.237 e. The summed E-state index contributed by atoms with van der Waals surface area (Å²) in [5.74, 6) is 0.752. The number of hydrogen-bond acceptors (Lipinski definition) is 3. The van der Waals surface area contributed by atoms with Gasteiger partial charge in [0.25, 0.3) is 0 Å². The molecule has 2 aliphatic rings. The number of carbonyl (C=O) groups excluding carboxylic acids is 1. The van der Waals surface area contributed by atoms with Crippen LogP contribution in [0.1, 0.15) is 39.0 Å². The third-order valence-electron chi connectivity index (χ3n) is 4.39. The fraction of sp³-hybridized carbons (Fsp3) is 0.923. The Balaban J connectivity index is 2.08. The van der Waals surface area contributed by atoms with Gasteiger partial charge in [0.05, 0.1) is 6.04 Å². The van der Waals surface area contributed by atoms with Gasteiger partial charge in [0.1, 0.15) is 0 Å². The summed E-state index contributed by atoms with van der Waals surface area (Å²) in [6, 6.07) is 0.532. The molecule has 0 radical (unpaired) electrons. The molecule has 3 atom stereocenters. The van der Waals surface area contributed by atoms with E-state index in [4.69, 9.17) is 5.73 Å². The zero-order valence-corrected chi connectivity index (χ0v) is 10.8. The number of rotatable bonds is 2. The van der Waals surface area contributed by atoms with E-state index in [1.807, 2.05) is 6.92 Å². The molecule has 4 nitrogen and oxygen atoms in total. The number of carbonyl (C=O) groups is 1. The number of hydrogen-bond donors (Lipinski definition) is 2. The summed E-state index contributed by atoms with van der Waals surface area (Å²) >= 11 is 0. The Kier molecular flexibility index (Phi) is 4.40. The third kappa shape index (κ3) is 2.80. The first-order chi connectivity index (χ1) is 8.24. The molecule has 1 amide bonds. The van der Waals surface area contributed by atoms with Crippen molar-refractivity contribution in [3.05, 3.63) is 0 Å². The second-order valence-electron chi connectivity index (χ2n) is 5.41. The second-order valence-corrected chi connectivity index (χ2v) is 5.41.